The van der Waals surface area contributed by atoms with Crippen LogP contribution >= 0.6 is 7.36 Å². The molecule has 0 nitrogen and oxygen atoms in total. The molecule has 3 aromatic rings. The maximum atomic E-state index is 5.35. The van der Waals surface area contributed by atoms with Crippen molar-refractivity contribution in [2.24, 2.45) is 0 Å². The van der Waals surface area contributed by atoms with Crippen LogP contribution in [0, 0.1) is 13.8 Å². The first-order valence-corrected chi connectivity index (χ1v) is 9.21. The van der Waals surface area contributed by atoms with Gasteiger partial charge in [-0.2, -0.15) is 0 Å². The van der Waals surface area contributed by atoms with Gasteiger partial charge in [-0.25, -0.2) is 0 Å². The normalized spacial score (nSPS) is 10.8. The monoisotopic (exact) mass is 320 g/mol. The SMILES string of the molecule is Cc1ccc(-c2cccc(P=S)c2-c2ccccc2C)cc1. The third-order valence-corrected chi connectivity index (χ3v) is 5.08. The minimum atomic E-state index is 0.884. The molecule has 22 heavy (non-hydrogen) atoms. The largest absolute Gasteiger partial charge is 0.0620 e. The van der Waals surface area contributed by atoms with Gasteiger partial charge < -0.3 is 0 Å². The van der Waals surface area contributed by atoms with E-state index in [9.17, 15) is 0 Å². The topological polar surface area (TPSA) is 0 Å². The molecule has 0 aliphatic heterocycles. The average molecular weight is 320 g/mol. The second-order valence-corrected chi connectivity index (χ2v) is 6.68. The number of hydrogen-bond acceptors (Lipinski definition) is 1. The Morgan fingerprint density at radius 2 is 1.41 bits per heavy atom. The molecule has 0 heterocycles. The van der Waals surface area contributed by atoms with Gasteiger partial charge in [0.15, 0.2) is 0 Å². The molecule has 0 unspecified atom stereocenters. The van der Waals surface area contributed by atoms with Crippen molar-refractivity contribution in [3.05, 3.63) is 77.9 Å². The van der Waals surface area contributed by atoms with E-state index in [1.165, 1.54) is 38.7 Å². The lowest BCUT2D eigenvalue weighted by molar-refractivity contribution is 1.45. The molecule has 0 N–H and O–H groups in total. The number of hydrogen-bond donors (Lipinski definition) is 0. The highest BCUT2D eigenvalue weighted by Crippen LogP contribution is 2.34. The molecule has 0 bridgehead atoms. The summed E-state index contributed by atoms with van der Waals surface area (Å²) in [7, 11) is 0.884. The fourth-order valence-electron chi connectivity index (χ4n) is 2.73. The first kappa shape index (κ1) is 15.1. The molecule has 108 valence electrons. The van der Waals surface area contributed by atoms with E-state index in [0.29, 0.717) is 0 Å². The second kappa shape index (κ2) is 6.52. The Hall–Kier alpha value is -1.82. The van der Waals surface area contributed by atoms with Crippen LogP contribution in [0.3, 0.4) is 0 Å². The fraction of sp³-hybridized carbons (Fsp3) is 0.100. The van der Waals surface area contributed by atoms with Crippen LogP contribution in [0.5, 0.6) is 0 Å². The maximum absolute atomic E-state index is 5.35. The van der Waals surface area contributed by atoms with Crippen LogP contribution in [0.1, 0.15) is 11.1 Å². The van der Waals surface area contributed by atoms with Gasteiger partial charge in [-0.3, -0.25) is 0 Å². The van der Waals surface area contributed by atoms with Gasteiger partial charge in [0.2, 0.25) is 0 Å². The molecule has 0 radical (unpaired) electrons. The highest BCUT2D eigenvalue weighted by Gasteiger charge is 2.13. The minimum Gasteiger partial charge on any atom is -0.0620 e. The van der Waals surface area contributed by atoms with Crippen LogP contribution in [0.25, 0.3) is 22.3 Å². The smallest absolute Gasteiger partial charge is 0.0212 e. The van der Waals surface area contributed by atoms with E-state index in [0.717, 1.165) is 7.36 Å². The predicted octanol–water partition coefficient (Wildman–Crippen LogP) is 5.67. The highest BCUT2D eigenvalue weighted by molar-refractivity contribution is 7.99. The van der Waals surface area contributed by atoms with Gasteiger partial charge in [-0.15, -0.1) is 0 Å². The van der Waals surface area contributed by atoms with E-state index in [1.54, 1.807) is 0 Å². The molecule has 0 atom stereocenters. The van der Waals surface area contributed by atoms with Gasteiger partial charge in [0.05, 0.1) is 0 Å². The van der Waals surface area contributed by atoms with Crippen molar-refractivity contribution in [1.29, 1.82) is 0 Å². The van der Waals surface area contributed by atoms with Crippen LogP contribution in [0.2, 0.25) is 0 Å². The van der Waals surface area contributed by atoms with E-state index in [-0.39, 0.29) is 0 Å². The molecule has 0 fully saturated rings. The van der Waals surface area contributed by atoms with Crippen LogP contribution < -0.4 is 5.30 Å². The summed E-state index contributed by atoms with van der Waals surface area (Å²) in [6.07, 6.45) is 0. The molecular weight excluding hydrogens is 303 g/mol. The molecule has 0 aliphatic rings. The molecule has 0 aromatic heterocycles. The Labute approximate surface area is 138 Å². The van der Waals surface area contributed by atoms with Crippen molar-refractivity contribution in [1.82, 2.24) is 0 Å². The van der Waals surface area contributed by atoms with E-state index in [1.807, 2.05) is 0 Å². The number of rotatable bonds is 3. The van der Waals surface area contributed by atoms with Crippen molar-refractivity contribution in [2.75, 3.05) is 0 Å². The molecule has 0 saturated heterocycles. The molecule has 2 heteroatoms. The molecule has 0 saturated carbocycles. The van der Waals surface area contributed by atoms with Gasteiger partial charge >= 0.3 is 0 Å². The van der Waals surface area contributed by atoms with E-state index in [4.69, 9.17) is 11.8 Å². The zero-order valence-corrected chi connectivity index (χ0v) is 14.4. The lowest BCUT2D eigenvalue weighted by atomic mass is 9.92. The molecule has 3 aromatic carbocycles. The van der Waals surface area contributed by atoms with Crippen LogP contribution in [-0.2, 0) is 11.8 Å². The molecule has 0 amide bonds. The fourth-order valence-corrected chi connectivity index (χ4v) is 3.66. The average Bonchev–Trinajstić information content (AvgIpc) is 2.55. The van der Waals surface area contributed by atoms with Crippen LogP contribution in [0.15, 0.2) is 66.7 Å². The highest BCUT2D eigenvalue weighted by atomic mass is 32.4. The van der Waals surface area contributed by atoms with E-state index < -0.39 is 0 Å². The Bertz CT molecular complexity index is 819. The molecule has 0 spiro atoms. The van der Waals surface area contributed by atoms with Crippen LogP contribution in [-0.4, -0.2) is 0 Å². The lowest BCUT2D eigenvalue weighted by Gasteiger charge is -2.15. The standard InChI is InChI=1S/C20H17PS/c1-14-10-12-16(13-11-14)18-8-5-9-19(21-22)20(18)17-7-4-3-6-15(17)2/h3-13H,1-2H3. The Morgan fingerprint density at radius 3 is 2.09 bits per heavy atom. The summed E-state index contributed by atoms with van der Waals surface area (Å²) in [6, 6.07) is 23.7. The molecule has 0 aliphatic carbocycles. The van der Waals surface area contributed by atoms with Crippen LogP contribution in [0.4, 0.5) is 0 Å². The van der Waals surface area contributed by atoms with Crippen molar-refractivity contribution < 1.29 is 0 Å². The van der Waals surface area contributed by atoms with Crippen molar-refractivity contribution in [2.45, 2.75) is 13.8 Å². The summed E-state index contributed by atoms with van der Waals surface area (Å²) in [5, 5.41) is 1.20. The number of aryl methyl sites for hydroxylation is 2. The Morgan fingerprint density at radius 1 is 0.727 bits per heavy atom. The van der Waals surface area contributed by atoms with Gasteiger partial charge in [-0.05, 0) is 42.2 Å². The van der Waals surface area contributed by atoms with Gasteiger partial charge in [0, 0.05) is 18.2 Å². The molecule has 3 rings (SSSR count). The minimum absolute atomic E-state index is 0.884. The quantitative estimate of drug-likeness (QED) is 0.560. The first-order chi connectivity index (χ1) is 10.7. The first-order valence-electron chi connectivity index (χ1n) is 7.30. The summed E-state index contributed by atoms with van der Waals surface area (Å²) in [5.74, 6) is 0. The second-order valence-electron chi connectivity index (χ2n) is 5.47. The third kappa shape index (κ3) is 2.88. The summed E-state index contributed by atoms with van der Waals surface area (Å²) < 4.78 is 0. The van der Waals surface area contributed by atoms with E-state index >= 15 is 0 Å². The predicted molar refractivity (Wildman–Crippen MR) is 101 cm³/mol. The summed E-state index contributed by atoms with van der Waals surface area (Å²) in [5.41, 5.74) is 7.58. The molecular formula is C20H17PS. The van der Waals surface area contributed by atoms with Crippen molar-refractivity contribution in [3.63, 3.8) is 0 Å². The maximum Gasteiger partial charge on any atom is 0.0212 e. The summed E-state index contributed by atoms with van der Waals surface area (Å²) in [4.78, 5) is 0. The Balaban J connectivity index is 2.30. The lowest BCUT2D eigenvalue weighted by Crippen LogP contribution is -2.01. The number of benzene rings is 3. The summed E-state index contributed by atoms with van der Waals surface area (Å²) in [6.45, 7) is 4.27. The third-order valence-electron chi connectivity index (χ3n) is 3.92. The van der Waals surface area contributed by atoms with Gasteiger partial charge in [0.1, 0.15) is 0 Å². The Kier molecular flexibility index (Phi) is 4.47. The van der Waals surface area contributed by atoms with Crippen molar-refractivity contribution >= 4 is 24.5 Å². The van der Waals surface area contributed by atoms with E-state index in [2.05, 4.69) is 80.6 Å². The van der Waals surface area contributed by atoms with Gasteiger partial charge in [-0.1, -0.05) is 78.0 Å². The summed E-state index contributed by atoms with van der Waals surface area (Å²) >= 11 is 5.35. The zero-order chi connectivity index (χ0) is 15.5. The van der Waals surface area contributed by atoms with Crippen molar-refractivity contribution in [3.8, 4) is 22.3 Å². The van der Waals surface area contributed by atoms with Gasteiger partial charge in [0.25, 0.3) is 0 Å². The zero-order valence-electron chi connectivity index (χ0n) is 12.7.